The van der Waals surface area contributed by atoms with Crippen LogP contribution < -0.4 is 5.32 Å². The third-order valence-corrected chi connectivity index (χ3v) is 5.39. The van der Waals surface area contributed by atoms with E-state index >= 15 is 0 Å². The highest BCUT2D eigenvalue weighted by molar-refractivity contribution is 5.82. The van der Waals surface area contributed by atoms with Gasteiger partial charge in [-0.1, -0.05) is 48.5 Å². The maximum Gasteiger partial charge on any atom is 0.407 e. The number of amides is 2. The lowest BCUT2D eigenvalue weighted by Gasteiger charge is -2.25. The van der Waals surface area contributed by atoms with Crippen LogP contribution in [0.5, 0.6) is 0 Å². The summed E-state index contributed by atoms with van der Waals surface area (Å²) in [5.74, 6) is -3.62. The molecule has 1 unspecified atom stereocenters. The molecule has 1 aliphatic rings. The molecule has 0 saturated carbocycles. The van der Waals surface area contributed by atoms with Crippen LogP contribution in [0.3, 0.4) is 0 Å². The van der Waals surface area contributed by atoms with E-state index in [4.69, 9.17) is 9.84 Å². The molecule has 188 valence electrons. The van der Waals surface area contributed by atoms with Crippen LogP contribution in [0.15, 0.2) is 48.5 Å². The van der Waals surface area contributed by atoms with Crippen molar-refractivity contribution in [3.05, 3.63) is 59.7 Å². The van der Waals surface area contributed by atoms with Gasteiger partial charge >= 0.3 is 18.2 Å². The molecule has 0 aromatic heterocycles. The molecule has 0 aliphatic heterocycles. The summed E-state index contributed by atoms with van der Waals surface area (Å²) in [5, 5.41) is 10.5. The van der Waals surface area contributed by atoms with Gasteiger partial charge in [0.15, 0.2) is 0 Å². The van der Waals surface area contributed by atoms with Gasteiger partial charge in [-0.05, 0) is 22.3 Å². The van der Waals surface area contributed by atoms with Crippen LogP contribution >= 0.6 is 0 Å². The molecule has 0 radical (unpaired) electrons. The minimum Gasteiger partial charge on any atom is -0.480 e. The van der Waals surface area contributed by atoms with Crippen molar-refractivity contribution >= 4 is 18.0 Å². The summed E-state index contributed by atoms with van der Waals surface area (Å²) >= 11 is 0. The van der Waals surface area contributed by atoms with Gasteiger partial charge in [0, 0.05) is 5.92 Å². The Bertz CT molecular complexity index is 1050. The van der Waals surface area contributed by atoms with Gasteiger partial charge in [0.1, 0.15) is 25.7 Å². The number of halogens is 5. The summed E-state index contributed by atoms with van der Waals surface area (Å²) < 4.78 is 70.0. The second-order valence-corrected chi connectivity index (χ2v) is 7.87. The fraction of sp³-hybridized carbons (Fsp3) is 0.348. The Labute approximate surface area is 196 Å². The van der Waals surface area contributed by atoms with Crippen LogP contribution in [0, 0.1) is 0 Å². The maximum absolute atomic E-state index is 13.4. The van der Waals surface area contributed by atoms with Gasteiger partial charge in [-0.2, -0.15) is 13.2 Å². The number of alkyl carbamates (subject to hydrolysis) is 1. The Morgan fingerprint density at radius 1 is 1.00 bits per heavy atom. The van der Waals surface area contributed by atoms with E-state index in [9.17, 15) is 36.3 Å². The van der Waals surface area contributed by atoms with E-state index in [1.807, 2.05) is 36.4 Å². The molecule has 2 amide bonds. The fourth-order valence-corrected chi connectivity index (χ4v) is 3.92. The van der Waals surface area contributed by atoms with Crippen molar-refractivity contribution < 1.29 is 46.2 Å². The summed E-state index contributed by atoms with van der Waals surface area (Å²) in [6.07, 6.45) is -10.8. The first-order valence-electron chi connectivity index (χ1n) is 10.4. The summed E-state index contributed by atoms with van der Waals surface area (Å²) in [7, 11) is 0. The van der Waals surface area contributed by atoms with E-state index < -0.39 is 56.1 Å². The highest BCUT2D eigenvalue weighted by Crippen LogP contribution is 2.44. The number of rotatable bonds is 9. The molecular weight excluding hydrogens is 479 g/mol. The lowest BCUT2D eigenvalue weighted by Crippen LogP contribution is -2.47. The van der Waals surface area contributed by atoms with Crippen LogP contribution in [0.1, 0.15) is 23.5 Å². The van der Waals surface area contributed by atoms with Crippen LogP contribution in [-0.4, -0.2) is 66.3 Å². The molecule has 1 aliphatic carbocycles. The van der Waals surface area contributed by atoms with Crippen LogP contribution in [0.25, 0.3) is 11.1 Å². The van der Waals surface area contributed by atoms with E-state index in [0.717, 1.165) is 22.3 Å². The van der Waals surface area contributed by atoms with Crippen molar-refractivity contribution in [1.29, 1.82) is 0 Å². The van der Waals surface area contributed by atoms with Gasteiger partial charge in [0.2, 0.25) is 5.91 Å². The summed E-state index contributed by atoms with van der Waals surface area (Å²) in [5.41, 5.74) is 3.63. The predicted octanol–water partition coefficient (Wildman–Crippen LogP) is 4.02. The summed E-state index contributed by atoms with van der Waals surface area (Å²) in [6, 6.07) is 12.6. The van der Waals surface area contributed by atoms with Crippen molar-refractivity contribution in [2.45, 2.75) is 31.0 Å². The topological polar surface area (TPSA) is 95.9 Å². The standard InChI is InChI=1S/C23H21F5N2O5/c24-21(25)18(9-19(31)30(10-20(32)33)12-23(26,27)28)29-22(34)35-11-17-15-7-3-1-5-13(15)14-6-2-4-8-16(14)17/h1-8,17-18,21H,9-12H2,(H,29,34)(H,32,33). The molecule has 0 bridgehead atoms. The number of carbonyl (C=O) groups excluding carboxylic acids is 2. The van der Waals surface area contributed by atoms with Gasteiger partial charge in [-0.25, -0.2) is 13.6 Å². The molecule has 0 fully saturated rings. The monoisotopic (exact) mass is 500 g/mol. The van der Waals surface area contributed by atoms with Gasteiger partial charge < -0.3 is 20.1 Å². The van der Waals surface area contributed by atoms with Crippen molar-refractivity contribution in [3.8, 4) is 11.1 Å². The first-order valence-corrected chi connectivity index (χ1v) is 10.4. The van der Waals surface area contributed by atoms with Crippen molar-refractivity contribution in [3.63, 3.8) is 0 Å². The molecule has 0 heterocycles. The third-order valence-electron chi connectivity index (χ3n) is 5.39. The average molecular weight is 500 g/mol. The van der Waals surface area contributed by atoms with Gasteiger partial charge in [0.25, 0.3) is 6.43 Å². The zero-order valence-corrected chi connectivity index (χ0v) is 18.1. The van der Waals surface area contributed by atoms with Crippen molar-refractivity contribution in [2.24, 2.45) is 0 Å². The molecule has 12 heteroatoms. The van der Waals surface area contributed by atoms with Crippen LogP contribution in [0.2, 0.25) is 0 Å². The number of carbonyl (C=O) groups is 3. The molecular formula is C23H21F5N2O5. The van der Waals surface area contributed by atoms with Crippen LogP contribution in [-0.2, 0) is 14.3 Å². The van der Waals surface area contributed by atoms with E-state index in [-0.39, 0.29) is 17.4 Å². The van der Waals surface area contributed by atoms with E-state index in [1.165, 1.54) is 0 Å². The number of aliphatic carboxylic acids is 1. The first-order chi connectivity index (χ1) is 16.5. The second kappa shape index (κ2) is 10.7. The molecule has 7 nitrogen and oxygen atoms in total. The lowest BCUT2D eigenvalue weighted by molar-refractivity contribution is -0.166. The lowest BCUT2D eigenvalue weighted by atomic mass is 9.98. The predicted molar refractivity (Wildman–Crippen MR) is 113 cm³/mol. The zero-order valence-electron chi connectivity index (χ0n) is 18.1. The van der Waals surface area contributed by atoms with E-state index in [2.05, 4.69) is 0 Å². The molecule has 2 aromatic carbocycles. The smallest absolute Gasteiger partial charge is 0.407 e. The van der Waals surface area contributed by atoms with Crippen molar-refractivity contribution in [1.82, 2.24) is 10.2 Å². The number of hydrogen-bond acceptors (Lipinski definition) is 4. The van der Waals surface area contributed by atoms with E-state index in [1.54, 1.807) is 17.4 Å². The quantitative estimate of drug-likeness (QED) is 0.507. The highest BCUT2D eigenvalue weighted by atomic mass is 19.4. The number of carboxylic acid groups (broad SMARTS) is 1. The molecule has 0 spiro atoms. The minimum atomic E-state index is -4.94. The largest absolute Gasteiger partial charge is 0.480 e. The summed E-state index contributed by atoms with van der Waals surface area (Å²) in [6.45, 7) is -3.47. The Morgan fingerprint density at radius 3 is 2.03 bits per heavy atom. The van der Waals surface area contributed by atoms with E-state index in [0.29, 0.717) is 0 Å². The number of hydrogen-bond donors (Lipinski definition) is 2. The summed E-state index contributed by atoms with van der Waals surface area (Å²) in [4.78, 5) is 35.0. The Kier molecular flexibility index (Phi) is 7.92. The van der Waals surface area contributed by atoms with Gasteiger partial charge in [-0.15, -0.1) is 0 Å². The Balaban J connectivity index is 1.64. The highest BCUT2D eigenvalue weighted by Gasteiger charge is 2.36. The average Bonchev–Trinajstić information content (AvgIpc) is 3.09. The van der Waals surface area contributed by atoms with Gasteiger partial charge in [0.05, 0.1) is 6.42 Å². The van der Waals surface area contributed by atoms with Crippen LogP contribution in [0.4, 0.5) is 26.7 Å². The number of fused-ring (bicyclic) bond motifs is 3. The number of carboxylic acids is 1. The first kappa shape index (κ1) is 25.9. The number of benzene rings is 2. The van der Waals surface area contributed by atoms with Crippen molar-refractivity contribution in [2.75, 3.05) is 19.7 Å². The Morgan fingerprint density at radius 2 is 1.54 bits per heavy atom. The molecule has 35 heavy (non-hydrogen) atoms. The maximum atomic E-state index is 13.4. The second-order valence-electron chi connectivity index (χ2n) is 7.87. The van der Waals surface area contributed by atoms with Gasteiger partial charge in [-0.3, -0.25) is 9.59 Å². The molecule has 2 N–H and O–H groups in total. The molecule has 0 saturated heterocycles. The number of nitrogens with one attached hydrogen (secondary N) is 1. The normalized spacial score (nSPS) is 13.7. The molecule has 1 atom stereocenters. The zero-order chi connectivity index (χ0) is 25.8. The third kappa shape index (κ3) is 6.67. The number of alkyl halides is 5. The number of nitrogens with zero attached hydrogens (tertiary/aromatic N) is 1. The molecule has 3 rings (SSSR count). The SMILES string of the molecule is O=C(O)CN(CC(F)(F)F)C(=O)CC(NC(=O)OCC1c2ccccc2-c2ccccc21)C(F)F. The number of ether oxygens (including phenoxy) is 1. The minimum absolute atomic E-state index is 0.114. The Hall–Kier alpha value is -3.70. The molecule has 2 aromatic rings. The fourth-order valence-electron chi connectivity index (χ4n) is 3.92.